The van der Waals surface area contributed by atoms with Crippen LogP contribution in [0.5, 0.6) is 0 Å². The van der Waals surface area contributed by atoms with Gasteiger partial charge in [0.1, 0.15) is 6.29 Å². The van der Waals surface area contributed by atoms with Gasteiger partial charge in [0.2, 0.25) is 11.8 Å². The van der Waals surface area contributed by atoms with Gasteiger partial charge < -0.3 is 9.69 Å². The minimum atomic E-state index is -0.204. The summed E-state index contributed by atoms with van der Waals surface area (Å²) < 4.78 is 0. The zero-order valence-corrected chi connectivity index (χ0v) is 14.5. The lowest BCUT2D eigenvalue weighted by Gasteiger charge is -2.24. The molecule has 0 bridgehead atoms. The van der Waals surface area contributed by atoms with Crippen molar-refractivity contribution in [2.75, 3.05) is 26.7 Å². The maximum atomic E-state index is 11.2. The Kier molecular flexibility index (Phi) is 14.4. The molecule has 0 aromatic heterocycles. The molecule has 1 unspecified atom stereocenters. The van der Waals surface area contributed by atoms with Crippen molar-refractivity contribution in [1.29, 1.82) is 0 Å². The SMILES string of the molecule is CC.CC.CC1CC(=O)N(CCC=O)C1=O.CN1CCC1. The van der Waals surface area contributed by atoms with Crippen molar-refractivity contribution < 1.29 is 14.4 Å². The van der Waals surface area contributed by atoms with E-state index in [9.17, 15) is 14.4 Å². The minimum Gasteiger partial charge on any atom is -0.306 e. The van der Waals surface area contributed by atoms with Crippen LogP contribution in [-0.2, 0) is 14.4 Å². The van der Waals surface area contributed by atoms with E-state index < -0.39 is 0 Å². The minimum absolute atomic E-state index is 0.151. The first kappa shape index (κ1) is 22.1. The number of likely N-dealkylation sites (tertiary alicyclic amines) is 2. The van der Waals surface area contributed by atoms with Crippen LogP contribution in [-0.4, -0.2) is 54.6 Å². The summed E-state index contributed by atoms with van der Waals surface area (Å²) in [5.74, 6) is -0.514. The van der Waals surface area contributed by atoms with Gasteiger partial charge in [-0.25, -0.2) is 0 Å². The molecule has 2 amide bonds. The number of hydrogen-bond acceptors (Lipinski definition) is 4. The summed E-state index contributed by atoms with van der Waals surface area (Å²) in [6.07, 6.45) is 2.65. The van der Waals surface area contributed by atoms with Gasteiger partial charge in [0, 0.05) is 25.3 Å². The van der Waals surface area contributed by atoms with E-state index >= 15 is 0 Å². The molecule has 1 atom stereocenters. The fourth-order valence-electron chi connectivity index (χ4n) is 1.74. The van der Waals surface area contributed by atoms with Gasteiger partial charge in [-0.05, 0) is 26.6 Å². The number of imide groups is 1. The Bertz CT molecular complexity index is 302. The molecule has 0 aliphatic carbocycles. The van der Waals surface area contributed by atoms with E-state index in [1.54, 1.807) is 6.92 Å². The third kappa shape index (κ3) is 8.60. The fourth-order valence-corrected chi connectivity index (χ4v) is 1.74. The van der Waals surface area contributed by atoms with Crippen molar-refractivity contribution in [3.05, 3.63) is 0 Å². The van der Waals surface area contributed by atoms with Crippen molar-refractivity contribution in [3.63, 3.8) is 0 Å². The average molecular weight is 300 g/mol. The van der Waals surface area contributed by atoms with E-state index in [2.05, 4.69) is 11.9 Å². The molecule has 2 saturated heterocycles. The molecule has 5 heteroatoms. The van der Waals surface area contributed by atoms with Gasteiger partial charge in [-0.3, -0.25) is 14.5 Å². The summed E-state index contributed by atoms with van der Waals surface area (Å²) in [6, 6.07) is 0. The normalized spacial score (nSPS) is 20.1. The summed E-state index contributed by atoms with van der Waals surface area (Å²) in [5.41, 5.74) is 0. The first-order chi connectivity index (χ1) is 10.1. The predicted molar refractivity (Wildman–Crippen MR) is 86.0 cm³/mol. The molecule has 0 radical (unpaired) electrons. The topological polar surface area (TPSA) is 57.7 Å². The predicted octanol–water partition coefficient (Wildman–Crippen LogP) is 2.34. The van der Waals surface area contributed by atoms with Crippen LogP contribution in [0.1, 0.15) is 53.9 Å². The largest absolute Gasteiger partial charge is 0.306 e. The average Bonchev–Trinajstić information content (AvgIpc) is 2.73. The van der Waals surface area contributed by atoms with E-state index in [1.165, 1.54) is 24.4 Å². The lowest BCUT2D eigenvalue weighted by Crippen LogP contribution is -2.32. The number of hydrogen-bond donors (Lipinski definition) is 0. The fraction of sp³-hybridized carbons (Fsp3) is 0.812. The van der Waals surface area contributed by atoms with E-state index in [-0.39, 0.29) is 37.1 Å². The molecule has 21 heavy (non-hydrogen) atoms. The van der Waals surface area contributed by atoms with Gasteiger partial charge in [-0.15, -0.1) is 0 Å². The Morgan fingerprint density at radius 1 is 1.14 bits per heavy atom. The van der Waals surface area contributed by atoms with Gasteiger partial charge in [0.25, 0.3) is 0 Å². The van der Waals surface area contributed by atoms with Crippen molar-refractivity contribution in [3.8, 4) is 0 Å². The highest BCUT2D eigenvalue weighted by Crippen LogP contribution is 2.18. The Morgan fingerprint density at radius 3 is 1.86 bits per heavy atom. The Morgan fingerprint density at radius 2 is 1.62 bits per heavy atom. The van der Waals surface area contributed by atoms with Crippen LogP contribution in [0.4, 0.5) is 0 Å². The second kappa shape index (κ2) is 13.7. The highest BCUT2D eigenvalue weighted by molar-refractivity contribution is 6.03. The van der Waals surface area contributed by atoms with Crippen LogP contribution in [0.15, 0.2) is 0 Å². The molecule has 2 rings (SSSR count). The van der Waals surface area contributed by atoms with Crippen molar-refractivity contribution in [2.24, 2.45) is 5.92 Å². The van der Waals surface area contributed by atoms with Crippen LogP contribution in [0, 0.1) is 5.92 Å². The van der Waals surface area contributed by atoms with Crippen LogP contribution in [0.25, 0.3) is 0 Å². The summed E-state index contributed by atoms with van der Waals surface area (Å²) in [5, 5.41) is 0. The second-order valence-electron chi connectivity index (χ2n) is 4.60. The quantitative estimate of drug-likeness (QED) is 0.593. The molecule has 5 nitrogen and oxygen atoms in total. The summed E-state index contributed by atoms with van der Waals surface area (Å²) in [6.45, 7) is 12.6. The second-order valence-corrected chi connectivity index (χ2v) is 4.60. The molecule has 124 valence electrons. The summed E-state index contributed by atoms with van der Waals surface area (Å²) in [4.78, 5) is 35.8. The first-order valence-electron chi connectivity index (χ1n) is 8.02. The zero-order chi connectivity index (χ0) is 16.8. The molecule has 0 N–H and O–H groups in total. The van der Waals surface area contributed by atoms with Gasteiger partial charge >= 0.3 is 0 Å². The van der Waals surface area contributed by atoms with Crippen molar-refractivity contribution in [2.45, 2.75) is 53.9 Å². The Balaban J connectivity index is 0. The van der Waals surface area contributed by atoms with Crippen LogP contribution in [0.2, 0.25) is 0 Å². The third-order valence-corrected chi connectivity index (χ3v) is 3.02. The maximum absolute atomic E-state index is 11.2. The monoisotopic (exact) mass is 300 g/mol. The number of rotatable bonds is 3. The van der Waals surface area contributed by atoms with Crippen LogP contribution >= 0.6 is 0 Å². The zero-order valence-electron chi connectivity index (χ0n) is 14.5. The number of carbonyl (C=O) groups is 3. The Labute approximate surface area is 129 Å². The molecule has 2 aliphatic heterocycles. The standard InChI is InChI=1S/C8H11NO3.C4H9N.2C2H6/c1-6-5-7(11)9(8(6)12)3-2-4-10;1-5-3-2-4-5;2*1-2/h4,6H,2-3,5H2,1H3;2-4H2,1H3;2*1-2H3. The van der Waals surface area contributed by atoms with E-state index in [0.29, 0.717) is 6.29 Å². The number of amides is 2. The molecule has 0 aromatic carbocycles. The van der Waals surface area contributed by atoms with Crippen molar-refractivity contribution >= 4 is 18.1 Å². The summed E-state index contributed by atoms with van der Waals surface area (Å²) >= 11 is 0. The number of aldehydes is 1. The lowest BCUT2D eigenvalue weighted by molar-refractivity contribution is -0.139. The smallest absolute Gasteiger partial charge is 0.232 e. The van der Waals surface area contributed by atoms with Crippen LogP contribution in [0.3, 0.4) is 0 Å². The molecular formula is C16H32N2O3. The Hall–Kier alpha value is -1.23. The molecule has 0 saturated carbocycles. The van der Waals surface area contributed by atoms with Gasteiger partial charge in [0.15, 0.2) is 0 Å². The van der Waals surface area contributed by atoms with Crippen LogP contribution < -0.4 is 0 Å². The van der Waals surface area contributed by atoms with Crippen molar-refractivity contribution in [1.82, 2.24) is 9.80 Å². The van der Waals surface area contributed by atoms with Gasteiger partial charge in [0.05, 0.1) is 0 Å². The molecule has 0 aromatic rings. The molecule has 2 heterocycles. The number of carbonyl (C=O) groups excluding carboxylic acids is 3. The van der Waals surface area contributed by atoms with Gasteiger partial charge in [-0.2, -0.15) is 0 Å². The van der Waals surface area contributed by atoms with E-state index in [0.717, 1.165) is 0 Å². The van der Waals surface area contributed by atoms with E-state index in [4.69, 9.17) is 0 Å². The molecule has 0 spiro atoms. The highest BCUT2D eigenvalue weighted by Gasteiger charge is 2.34. The van der Waals surface area contributed by atoms with E-state index in [1.807, 2.05) is 27.7 Å². The third-order valence-electron chi connectivity index (χ3n) is 3.02. The molecule has 2 aliphatic rings. The maximum Gasteiger partial charge on any atom is 0.232 e. The highest BCUT2D eigenvalue weighted by atomic mass is 16.2. The molecule has 2 fully saturated rings. The molecular weight excluding hydrogens is 268 g/mol. The lowest BCUT2D eigenvalue weighted by atomic mass is 10.1. The number of nitrogens with zero attached hydrogens (tertiary/aromatic N) is 2. The summed E-state index contributed by atoms with van der Waals surface area (Å²) in [7, 11) is 2.14. The van der Waals surface area contributed by atoms with Gasteiger partial charge in [-0.1, -0.05) is 34.6 Å². The first-order valence-corrected chi connectivity index (χ1v) is 8.02.